The summed E-state index contributed by atoms with van der Waals surface area (Å²) in [6.07, 6.45) is -3.97. The Kier molecular flexibility index (Phi) is 28.1. The number of nitrogens with one attached hydrogen (secondary N) is 4. The Balaban J connectivity index is 1.71. The highest BCUT2D eigenvalue weighted by Crippen LogP contribution is 2.30. The molecule has 0 aliphatic carbocycles. The van der Waals surface area contributed by atoms with Crippen molar-refractivity contribution in [3.8, 4) is 0 Å². The quantitative estimate of drug-likeness (QED) is 0.0353. The summed E-state index contributed by atoms with van der Waals surface area (Å²) < 4.78 is 55.8. The average molecular weight is 1000 g/mol. The van der Waals surface area contributed by atoms with Crippen LogP contribution in [-0.4, -0.2) is 166 Å². The summed E-state index contributed by atoms with van der Waals surface area (Å²) in [6, 6.07) is -3.02. The van der Waals surface area contributed by atoms with E-state index in [0.717, 1.165) is 34.1 Å². The Bertz CT molecular complexity index is 1750. The first-order valence-electron chi connectivity index (χ1n) is 23.4. The van der Waals surface area contributed by atoms with Crippen molar-refractivity contribution in [3.63, 3.8) is 0 Å². The molecule has 0 spiro atoms. The molecular weight excluding hydrogens is 931 g/mol. The van der Waals surface area contributed by atoms with Crippen LogP contribution in [0.25, 0.3) is 0 Å². The van der Waals surface area contributed by atoms with Crippen LogP contribution in [-0.2, 0) is 95.3 Å². The molecule has 2 aliphatic heterocycles. The van der Waals surface area contributed by atoms with Crippen LogP contribution in [0.2, 0.25) is 0 Å². The van der Waals surface area contributed by atoms with E-state index >= 15 is 0 Å². The van der Waals surface area contributed by atoms with E-state index in [1.54, 1.807) is 0 Å². The first-order valence-corrected chi connectivity index (χ1v) is 23.4. The topological polar surface area (TPSA) is 337 Å². The van der Waals surface area contributed by atoms with E-state index in [2.05, 4.69) is 21.3 Å². The van der Waals surface area contributed by atoms with Crippen molar-refractivity contribution in [2.75, 3.05) is 39.5 Å². The molecule has 2 rings (SSSR count). The summed E-state index contributed by atoms with van der Waals surface area (Å²) in [5, 5.41) is 10.9. The van der Waals surface area contributed by atoms with Gasteiger partial charge in [0.2, 0.25) is 23.6 Å². The van der Waals surface area contributed by atoms with Gasteiger partial charge < -0.3 is 74.4 Å². The van der Waals surface area contributed by atoms with Crippen molar-refractivity contribution < 1.29 is 95.3 Å². The van der Waals surface area contributed by atoms with E-state index in [1.807, 2.05) is 0 Å². The second-order valence-electron chi connectivity index (χ2n) is 16.8. The van der Waals surface area contributed by atoms with Gasteiger partial charge in [0.25, 0.3) is 0 Å². The van der Waals surface area contributed by atoms with Crippen molar-refractivity contribution >= 4 is 59.4 Å². The van der Waals surface area contributed by atoms with Crippen LogP contribution in [0.1, 0.15) is 120 Å². The number of hydrogen-bond donors (Lipinski definition) is 5. The smallest absolute Gasteiger partial charge is 0.303 e. The van der Waals surface area contributed by atoms with Crippen molar-refractivity contribution in [2.45, 2.75) is 187 Å². The van der Waals surface area contributed by atoms with Crippen LogP contribution in [0.3, 0.4) is 0 Å². The number of carbonyl (C=O) groups excluding carboxylic acids is 10. The largest absolute Gasteiger partial charge is 0.463 e. The van der Waals surface area contributed by atoms with E-state index in [9.17, 15) is 47.9 Å². The van der Waals surface area contributed by atoms with Crippen LogP contribution in [0.4, 0.5) is 0 Å². The Labute approximate surface area is 407 Å². The normalized spacial score (nSPS) is 24.4. The molecule has 2 heterocycles. The fourth-order valence-corrected chi connectivity index (χ4v) is 7.50. The molecule has 11 atom stereocenters. The Morgan fingerprint density at radius 3 is 1.23 bits per heavy atom. The van der Waals surface area contributed by atoms with E-state index in [0.29, 0.717) is 58.0 Å². The van der Waals surface area contributed by atoms with Crippen LogP contribution < -0.4 is 27.0 Å². The summed E-state index contributed by atoms with van der Waals surface area (Å²) in [6.45, 7) is 9.87. The molecule has 2 aliphatic rings. The average Bonchev–Trinajstić information content (AvgIpc) is 3.25. The number of unbranched alkanes of at least 4 members (excludes halogenated alkanes) is 6. The number of hydrogen-bond acceptors (Lipinski definition) is 21. The maximum absolute atomic E-state index is 12.6. The summed E-state index contributed by atoms with van der Waals surface area (Å²) >= 11 is 0. The van der Waals surface area contributed by atoms with Crippen molar-refractivity contribution in [1.82, 2.24) is 21.3 Å². The van der Waals surface area contributed by atoms with Gasteiger partial charge in [-0.25, -0.2) is 0 Å². The third-order valence-electron chi connectivity index (χ3n) is 10.5. The molecule has 6 N–H and O–H groups in total. The van der Waals surface area contributed by atoms with Gasteiger partial charge in [-0.3, -0.25) is 47.9 Å². The van der Waals surface area contributed by atoms with Gasteiger partial charge in [0.05, 0.1) is 6.04 Å². The van der Waals surface area contributed by atoms with Crippen molar-refractivity contribution in [2.24, 2.45) is 5.73 Å². The van der Waals surface area contributed by atoms with E-state index in [4.69, 9.17) is 53.1 Å². The minimum atomic E-state index is -1.22. The highest BCUT2D eigenvalue weighted by atomic mass is 16.7. The molecule has 0 aromatic heterocycles. The zero-order valence-electron chi connectivity index (χ0n) is 41.4. The van der Waals surface area contributed by atoms with Gasteiger partial charge >= 0.3 is 35.8 Å². The minimum Gasteiger partial charge on any atom is -0.463 e. The van der Waals surface area contributed by atoms with Gasteiger partial charge in [0, 0.05) is 88.1 Å². The van der Waals surface area contributed by atoms with Gasteiger partial charge in [-0.05, 0) is 32.1 Å². The second kappa shape index (κ2) is 32.4. The highest BCUT2D eigenvalue weighted by molar-refractivity contribution is 5.83. The first-order chi connectivity index (χ1) is 33.1. The number of ether oxygens (including phenoxy) is 10. The molecule has 70 heavy (non-hydrogen) atoms. The Morgan fingerprint density at radius 2 is 0.857 bits per heavy atom. The summed E-state index contributed by atoms with van der Waals surface area (Å²) in [5.74, 6) is -5.71. The van der Waals surface area contributed by atoms with Crippen molar-refractivity contribution in [1.29, 1.82) is 0 Å². The summed E-state index contributed by atoms with van der Waals surface area (Å²) in [7, 11) is 0. The molecule has 398 valence electrons. The lowest BCUT2D eigenvalue weighted by Gasteiger charge is -2.44. The molecule has 25 heteroatoms. The number of amides is 4. The third kappa shape index (κ3) is 23.9. The minimum absolute atomic E-state index is 0.0500. The fourth-order valence-electron chi connectivity index (χ4n) is 7.50. The molecule has 0 bridgehead atoms. The number of nitrogens with two attached hydrogens (primary N) is 1. The molecule has 0 aromatic carbocycles. The van der Waals surface area contributed by atoms with Crippen LogP contribution >= 0.6 is 0 Å². The third-order valence-corrected chi connectivity index (χ3v) is 10.5. The van der Waals surface area contributed by atoms with Crippen molar-refractivity contribution in [3.05, 3.63) is 0 Å². The molecule has 0 unspecified atom stereocenters. The number of carbonyl (C=O) groups is 10. The lowest BCUT2D eigenvalue weighted by molar-refractivity contribution is -0.277. The van der Waals surface area contributed by atoms with E-state index < -0.39 is 115 Å². The summed E-state index contributed by atoms with van der Waals surface area (Å²) in [4.78, 5) is 120. The highest BCUT2D eigenvalue weighted by Gasteiger charge is 2.52. The van der Waals surface area contributed by atoms with Crippen LogP contribution in [0.5, 0.6) is 0 Å². The standard InChI is InChI=1S/C45H73N5O20/c1-25(51)49-37-41(67-31(7)57)39(65-29(5)55)34(23-63-27(3)53)69-44(37)61-21-15-11-9-13-19-47-36(59)18-17-33(46)43(60)48-20-14-10-12-16-22-62-45-38(50-26(2)52)42(68-32(8)58)40(66-30(6)56)35(70-45)24-64-28(4)54/h33-35,37-42,44-45H,9-24,46H2,1-8H3,(H,47,59)(H,48,60)(H,49,51)(H,50,52)/t33-,34+,35+,37+,38+,39-,40-,41+,42+,44+,45+/m0/s1. The predicted octanol–water partition coefficient (Wildman–Crippen LogP) is -0.207. The SMILES string of the molecule is CC(=O)N[C@H]1[C@H](OCCCCCCNC(=O)CC[C@H](N)C(=O)NCCCCCCO[C@@H]2O[C@H](COC(C)=O)[C@H](OC(C)=O)[C@H](OC(C)=O)[C@H]2NC(C)=O)O[C@H](COC(C)=O)[C@H](OC(C)=O)[C@@H]1OC(C)=O. The molecule has 0 radical (unpaired) electrons. The number of rotatable bonds is 30. The maximum Gasteiger partial charge on any atom is 0.303 e. The van der Waals surface area contributed by atoms with Gasteiger partial charge in [-0.2, -0.15) is 0 Å². The fraction of sp³-hybridized carbons (Fsp3) is 0.778. The van der Waals surface area contributed by atoms with E-state index in [1.165, 1.54) is 27.7 Å². The Hall–Kier alpha value is -5.50. The lowest BCUT2D eigenvalue weighted by atomic mass is 9.96. The lowest BCUT2D eigenvalue weighted by Crippen LogP contribution is -2.66. The molecular formula is C45H73N5O20. The molecule has 2 fully saturated rings. The van der Waals surface area contributed by atoms with Crippen LogP contribution in [0, 0.1) is 0 Å². The van der Waals surface area contributed by atoms with Gasteiger partial charge in [-0.15, -0.1) is 0 Å². The predicted molar refractivity (Wildman–Crippen MR) is 240 cm³/mol. The Morgan fingerprint density at radius 1 is 0.486 bits per heavy atom. The second-order valence-corrected chi connectivity index (χ2v) is 16.8. The molecule has 25 nitrogen and oxygen atoms in total. The van der Waals surface area contributed by atoms with Crippen LogP contribution in [0.15, 0.2) is 0 Å². The molecule has 0 aromatic rings. The van der Waals surface area contributed by atoms with Gasteiger partial charge in [0.1, 0.15) is 37.5 Å². The zero-order chi connectivity index (χ0) is 52.3. The molecule has 2 saturated heterocycles. The number of esters is 6. The van der Waals surface area contributed by atoms with E-state index in [-0.39, 0.29) is 51.1 Å². The first kappa shape index (κ1) is 60.6. The maximum atomic E-state index is 12.6. The summed E-state index contributed by atoms with van der Waals surface area (Å²) in [5.41, 5.74) is 6.04. The molecule has 0 saturated carbocycles. The molecule has 4 amide bonds. The monoisotopic (exact) mass is 1000 g/mol. The zero-order valence-corrected chi connectivity index (χ0v) is 41.4. The van der Waals surface area contributed by atoms with Gasteiger partial charge in [0.15, 0.2) is 37.0 Å². The van der Waals surface area contributed by atoms with Gasteiger partial charge in [-0.1, -0.05) is 25.7 Å².